The van der Waals surface area contributed by atoms with Gasteiger partial charge in [-0.3, -0.25) is 9.36 Å². The van der Waals surface area contributed by atoms with E-state index in [-0.39, 0.29) is 11.0 Å². The van der Waals surface area contributed by atoms with E-state index in [1.54, 1.807) is 23.3 Å². The number of fused-ring (bicyclic) bond motifs is 1. The number of nitriles is 1. The Morgan fingerprint density at radius 2 is 2.14 bits per heavy atom. The highest BCUT2D eigenvalue weighted by Crippen LogP contribution is 2.51. The average Bonchev–Trinajstić information content (AvgIpc) is 3.32. The van der Waals surface area contributed by atoms with Gasteiger partial charge in [-0.1, -0.05) is 19.1 Å². The molecule has 3 aromatic heterocycles. The monoisotopic (exact) mass is 384 g/mol. The molecule has 1 fully saturated rings. The smallest absolute Gasteiger partial charge is 0.279 e. The number of pyridine rings is 1. The standard InChI is InChI=1S/C22H20N6O/c1-14-9-22(10-14,21-26-25-13-27(21)2)16-4-3-5-17(8-16)28-7-6-18-15(11-23)12-24-19(18)20(28)29/h3-8,12-14,24H,9-10H2,1-2H3. The van der Waals surface area contributed by atoms with Gasteiger partial charge in [0.25, 0.3) is 5.56 Å². The summed E-state index contributed by atoms with van der Waals surface area (Å²) in [5.41, 5.74) is 2.49. The highest BCUT2D eigenvalue weighted by Gasteiger charge is 2.48. The van der Waals surface area contributed by atoms with Crippen LogP contribution in [0.4, 0.5) is 0 Å². The van der Waals surface area contributed by atoms with Crippen molar-refractivity contribution >= 4 is 10.9 Å². The summed E-state index contributed by atoms with van der Waals surface area (Å²) in [6.07, 6.45) is 7.04. The van der Waals surface area contributed by atoms with Gasteiger partial charge in [0.2, 0.25) is 0 Å². The van der Waals surface area contributed by atoms with E-state index in [0.29, 0.717) is 22.4 Å². The molecule has 1 aliphatic carbocycles. The Morgan fingerprint density at radius 1 is 1.31 bits per heavy atom. The van der Waals surface area contributed by atoms with Crippen LogP contribution in [0.15, 0.2) is 53.8 Å². The summed E-state index contributed by atoms with van der Waals surface area (Å²) in [5.74, 6) is 1.57. The Kier molecular flexibility index (Phi) is 3.71. The molecule has 1 saturated carbocycles. The van der Waals surface area contributed by atoms with Crippen LogP contribution in [0.2, 0.25) is 0 Å². The number of hydrogen-bond donors (Lipinski definition) is 1. The van der Waals surface area contributed by atoms with E-state index in [1.807, 2.05) is 29.8 Å². The van der Waals surface area contributed by atoms with Gasteiger partial charge in [-0.25, -0.2) is 0 Å². The summed E-state index contributed by atoms with van der Waals surface area (Å²) in [7, 11) is 1.97. The molecule has 0 spiro atoms. The molecule has 0 bridgehead atoms. The predicted octanol–water partition coefficient (Wildman–Crippen LogP) is 3.03. The van der Waals surface area contributed by atoms with Crippen molar-refractivity contribution in [3.63, 3.8) is 0 Å². The molecule has 7 nitrogen and oxygen atoms in total. The van der Waals surface area contributed by atoms with Crippen LogP contribution in [0.25, 0.3) is 16.6 Å². The number of hydrogen-bond acceptors (Lipinski definition) is 4. The van der Waals surface area contributed by atoms with E-state index in [2.05, 4.69) is 40.3 Å². The molecule has 1 aromatic carbocycles. The van der Waals surface area contributed by atoms with Gasteiger partial charge in [-0.2, -0.15) is 5.26 Å². The molecular formula is C22H20N6O. The van der Waals surface area contributed by atoms with E-state index in [1.165, 1.54) is 0 Å². The summed E-state index contributed by atoms with van der Waals surface area (Å²) < 4.78 is 3.61. The first-order valence-electron chi connectivity index (χ1n) is 9.62. The van der Waals surface area contributed by atoms with Gasteiger partial charge in [0.05, 0.1) is 11.0 Å². The maximum absolute atomic E-state index is 13.0. The number of aryl methyl sites for hydroxylation is 1. The average molecular weight is 384 g/mol. The van der Waals surface area contributed by atoms with Crippen molar-refractivity contribution < 1.29 is 0 Å². The molecule has 144 valence electrons. The molecule has 0 amide bonds. The fourth-order valence-electron chi connectivity index (χ4n) is 4.76. The summed E-state index contributed by atoms with van der Waals surface area (Å²) in [6.45, 7) is 2.24. The van der Waals surface area contributed by atoms with Crippen molar-refractivity contribution in [2.45, 2.75) is 25.2 Å². The Labute approximate surface area is 167 Å². The second-order valence-corrected chi connectivity index (χ2v) is 8.01. The number of nitrogens with one attached hydrogen (secondary N) is 1. The van der Waals surface area contributed by atoms with Gasteiger partial charge in [0.15, 0.2) is 0 Å². The molecule has 0 unspecified atom stereocenters. The van der Waals surface area contributed by atoms with Gasteiger partial charge >= 0.3 is 0 Å². The van der Waals surface area contributed by atoms with Crippen LogP contribution in [0.5, 0.6) is 0 Å². The van der Waals surface area contributed by atoms with Crippen LogP contribution >= 0.6 is 0 Å². The maximum Gasteiger partial charge on any atom is 0.279 e. The molecule has 1 aliphatic rings. The Balaban J connectivity index is 1.65. The molecule has 0 saturated heterocycles. The quantitative estimate of drug-likeness (QED) is 0.588. The summed E-state index contributed by atoms with van der Waals surface area (Å²) in [5, 5.41) is 18.3. The second-order valence-electron chi connectivity index (χ2n) is 8.01. The molecule has 29 heavy (non-hydrogen) atoms. The van der Waals surface area contributed by atoms with Gasteiger partial charge in [-0.05, 0) is 42.5 Å². The van der Waals surface area contributed by atoms with Gasteiger partial charge < -0.3 is 9.55 Å². The van der Waals surface area contributed by atoms with Gasteiger partial charge in [0.1, 0.15) is 23.7 Å². The van der Waals surface area contributed by atoms with Crippen LogP contribution in [-0.4, -0.2) is 24.3 Å². The number of aromatic nitrogens is 5. The van der Waals surface area contributed by atoms with E-state index >= 15 is 0 Å². The third-order valence-corrected chi connectivity index (χ3v) is 6.07. The first kappa shape index (κ1) is 17.4. The minimum absolute atomic E-state index is 0.171. The van der Waals surface area contributed by atoms with Crippen molar-refractivity contribution in [3.8, 4) is 11.8 Å². The van der Waals surface area contributed by atoms with E-state index < -0.39 is 0 Å². The minimum Gasteiger partial charge on any atom is -0.355 e. The number of rotatable bonds is 3. The number of benzene rings is 1. The predicted molar refractivity (Wildman–Crippen MR) is 109 cm³/mol. The molecule has 1 N–H and O–H groups in total. The molecule has 7 heteroatoms. The van der Waals surface area contributed by atoms with E-state index in [9.17, 15) is 10.1 Å². The van der Waals surface area contributed by atoms with Gasteiger partial charge in [-0.15, -0.1) is 10.2 Å². The van der Waals surface area contributed by atoms with Crippen LogP contribution in [0, 0.1) is 17.2 Å². The van der Waals surface area contributed by atoms with Crippen LogP contribution in [-0.2, 0) is 12.5 Å². The van der Waals surface area contributed by atoms with E-state index in [0.717, 1.165) is 29.9 Å². The Bertz CT molecular complexity index is 1330. The third kappa shape index (κ3) is 2.46. The summed E-state index contributed by atoms with van der Waals surface area (Å²) >= 11 is 0. The molecular weight excluding hydrogens is 364 g/mol. The van der Waals surface area contributed by atoms with Crippen molar-refractivity contribution in [1.82, 2.24) is 24.3 Å². The molecule has 0 aliphatic heterocycles. The number of nitrogens with zero attached hydrogens (tertiary/aromatic N) is 5. The summed E-state index contributed by atoms with van der Waals surface area (Å²) in [6, 6.07) is 12.0. The van der Waals surface area contributed by atoms with Crippen molar-refractivity contribution in [1.29, 1.82) is 5.26 Å². The maximum atomic E-state index is 13.0. The number of H-pyrrole nitrogens is 1. The molecule has 0 atom stereocenters. The Morgan fingerprint density at radius 3 is 2.83 bits per heavy atom. The van der Waals surface area contributed by atoms with Crippen LogP contribution < -0.4 is 5.56 Å². The van der Waals surface area contributed by atoms with Crippen molar-refractivity contribution in [2.24, 2.45) is 13.0 Å². The lowest BCUT2D eigenvalue weighted by Gasteiger charge is -2.46. The fraction of sp³-hybridized carbons (Fsp3) is 0.273. The third-order valence-electron chi connectivity index (χ3n) is 6.07. The Hall–Kier alpha value is -3.66. The van der Waals surface area contributed by atoms with Crippen molar-refractivity contribution in [2.75, 3.05) is 0 Å². The lowest BCUT2D eigenvalue weighted by Crippen LogP contribution is -2.43. The topological polar surface area (TPSA) is 92.3 Å². The minimum atomic E-state index is -0.186. The SMILES string of the molecule is CC1CC(c2cccc(-n3ccc4c(C#N)c[nH]c4c3=O)c2)(c2nncn2C)C1. The van der Waals surface area contributed by atoms with Crippen LogP contribution in [0.1, 0.15) is 36.7 Å². The molecule has 3 heterocycles. The van der Waals surface area contributed by atoms with Crippen LogP contribution in [0.3, 0.4) is 0 Å². The highest BCUT2D eigenvalue weighted by atomic mass is 16.1. The molecule has 5 rings (SSSR count). The first-order chi connectivity index (χ1) is 14.0. The van der Waals surface area contributed by atoms with Crippen molar-refractivity contribution in [3.05, 3.63) is 76.4 Å². The first-order valence-corrected chi connectivity index (χ1v) is 9.62. The highest BCUT2D eigenvalue weighted by molar-refractivity contribution is 5.84. The normalized spacial score (nSPS) is 21.1. The van der Waals surface area contributed by atoms with E-state index in [4.69, 9.17) is 0 Å². The largest absolute Gasteiger partial charge is 0.355 e. The number of aromatic amines is 1. The second kappa shape index (κ2) is 6.17. The lowest BCUT2D eigenvalue weighted by molar-refractivity contribution is 0.185. The fourth-order valence-corrected chi connectivity index (χ4v) is 4.76. The zero-order valence-electron chi connectivity index (χ0n) is 16.3. The zero-order valence-corrected chi connectivity index (χ0v) is 16.3. The molecule has 0 radical (unpaired) electrons. The molecule has 4 aromatic rings. The van der Waals surface area contributed by atoms with Gasteiger partial charge in [0, 0.05) is 30.5 Å². The lowest BCUT2D eigenvalue weighted by atomic mass is 9.58. The summed E-state index contributed by atoms with van der Waals surface area (Å²) in [4.78, 5) is 16.0. The zero-order chi connectivity index (χ0) is 20.2.